The van der Waals surface area contributed by atoms with Gasteiger partial charge in [0.2, 0.25) is 0 Å². The second-order valence-corrected chi connectivity index (χ2v) is 5.03. The molecule has 112 valence electrons. The van der Waals surface area contributed by atoms with E-state index in [1.807, 2.05) is 48.7 Å². The molecule has 2 N–H and O–H groups in total. The van der Waals surface area contributed by atoms with Crippen LogP contribution in [0.5, 0.6) is 5.75 Å². The number of nitrogens with one attached hydrogen (secondary N) is 2. The third-order valence-corrected chi connectivity index (χ3v) is 3.58. The molecule has 1 aliphatic rings. The van der Waals surface area contributed by atoms with Gasteiger partial charge in [-0.05, 0) is 48.7 Å². The molecule has 0 spiro atoms. The summed E-state index contributed by atoms with van der Waals surface area (Å²) in [5, 5.41) is 4.14. The lowest BCUT2D eigenvalue weighted by molar-refractivity contribution is -0.116. The van der Waals surface area contributed by atoms with Crippen molar-refractivity contribution in [2.45, 2.75) is 12.8 Å². The molecule has 2 aromatic rings. The van der Waals surface area contributed by atoms with Gasteiger partial charge >= 0.3 is 0 Å². The van der Waals surface area contributed by atoms with Crippen LogP contribution in [0.25, 0.3) is 6.08 Å². The Morgan fingerprint density at radius 2 is 2.00 bits per heavy atom. The van der Waals surface area contributed by atoms with Crippen molar-refractivity contribution in [3.63, 3.8) is 0 Å². The zero-order chi connectivity index (χ0) is 15.4. The van der Waals surface area contributed by atoms with Crippen LogP contribution in [-0.4, -0.2) is 23.7 Å². The fourth-order valence-electron chi connectivity index (χ4n) is 2.35. The fraction of sp³-hybridized carbons (Fsp3) is 0.176. The summed E-state index contributed by atoms with van der Waals surface area (Å²) in [5.74, 6) is 0.686. The molecular formula is C17H17N3O2. The number of hydrogen-bond acceptors (Lipinski definition) is 3. The molecule has 1 aromatic carbocycles. The third kappa shape index (κ3) is 3.09. The van der Waals surface area contributed by atoms with Gasteiger partial charge in [-0.25, -0.2) is 5.43 Å². The Hall–Kier alpha value is -2.82. The van der Waals surface area contributed by atoms with E-state index in [0.717, 1.165) is 23.6 Å². The number of nitrogens with zero attached hydrogens (tertiary/aromatic N) is 1. The number of carbonyl (C=O) groups excluding carboxylic acids is 1. The van der Waals surface area contributed by atoms with E-state index in [0.29, 0.717) is 12.0 Å². The Morgan fingerprint density at radius 1 is 1.18 bits per heavy atom. The van der Waals surface area contributed by atoms with Crippen molar-refractivity contribution in [2.24, 2.45) is 5.10 Å². The van der Waals surface area contributed by atoms with Crippen molar-refractivity contribution in [3.05, 3.63) is 59.4 Å². The van der Waals surface area contributed by atoms with Crippen LogP contribution in [0.3, 0.4) is 0 Å². The molecule has 22 heavy (non-hydrogen) atoms. The molecule has 0 bridgehead atoms. The molecule has 0 aliphatic carbocycles. The van der Waals surface area contributed by atoms with Gasteiger partial charge in [0.25, 0.3) is 5.91 Å². The quantitative estimate of drug-likeness (QED) is 0.832. The zero-order valence-corrected chi connectivity index (χ0v) is 12.3. The van der Waals surface area contributed by atoms with Crippen molar-refractivity contribution in [2.75, 3.05) is 7.11 Å². The first-order chi connectivity index (χ1) is 10.8. The summed E-state index contributed by atoms with van der Waals surface area (Å²) < 4.78 is 5.15. The fourth-order valence-corrected chi connectivity index (χ4v) is 2.35. The molecule has 1 aliphatic heterocycles. The highest BCUT2D eigenvalue weighted by Crippen LogP contribution is 2.17. The van der Waals surface area contributed by atoms with Gasteiger partial charge in [0.1, 0.15) is 5.75 Å². The Kier molecular flexibility index (Phi) is 4.05. The second kappa shape index (κ2) is 6.30. The van der Waals surface area contributed by atoms with Gasteiger partial charge in [-0.3, -0.25) is 4.79 Å². The minimum absolute atomic E-state index is 0.153. The molecule has 0 saturated heterocycles. The summed E-state index contributed by atoms with van der Waals surface area (Å²) >= 11 is 0. The smallest absolute Gasteiger partial charge is 0.273 e. The molecule has 5 heteroatoms. The molecule has 0 fully saturated rings. The Labute approximate surface area is 128 Å². The van der Waals surface area contributed by atoms with Crippen LogP contribution in [0.4, 0.5) is 0 Å². The molecule has 0 atom stereocenters. The SMILES string of the molecule is COc1ccc(CCC2=NNC(=O)C2=Cc2ccc[nH]2)cc1. The zero-order valence-electron chi connectivity index (χ0n) is 12.3. The molecule has 0 saturated carbocycles. The topological polar surface area (TPSA) is 66.5 Å². The van der Waals surface area contributed by atoms with Crippen LogP contribution in [0.1, 0.15) is 17.7 Å². The highest BCUT2D eigenvalue weighted by Gasteiger charge is 2.22. The summed E-state index contributed by atoms with van der Waals surface area (Å²) in [4.78, 5) is 14.9. The van der Waals surface area contributed by atoms with Crippen molar-refractivity contribution in [3.8, 4) is 5.75 Å². The lowest BCUT2D eigenvalue weighted by Gasteiger charge is -2.04. The maximum atomic E-state index is 11.9. The van der Waals surface area contributed by atoms with E-state index in [2.05, 4.69) is 15.5 Å². The molecule has 0 radical (unpaired) electrons. The monoisotopic (exact) mass is 295 g/mol. The highest BCUT2D eigenvalue weighted by atomic mass is 16.5. The predicted molar refractivity (Wildman–Crippen MR) is 85.7 cm³/mol. The summed E-state index contributed by atoms with van der Waals surface area (Å²) in [7, 11) is 1.65. The standard InChI is InChI=1S/C17H17N3O2/c1-22-14-7-4-12(5-8-14)6-9-16-15(17(21)20-19-16)11-13-3-2-10-18-13/h2-5,7-8,10-11,18H,6,9H2,1H3,(H,20,21). The van der Waals surface area contributed by atoms with Crippen molar-refractivity contribution in [1.82, 2.24) is 10.4 Å². The van der Waals surface area contributed by atoms with Crippen LogP contribution in [0, 0.1) is 0 Å². The first kappa shape index (κ1) is 14.1. The van der Waals surface area contributed by atoms with E-state index in [4.69, 9.17) is 4.74 Å². The van der Waals surface area contributed by atoms with Gasteiger partial charge in [0, 0.05) is 11.9 Å². The minimum Gasteiger partial charge on any atom is -0.497 e. The third-order valence-electron chi connectivity index (χ3n) is 3.58. The Balaban J connectivity index is 1.69. The molecular weight excluding hydrogens is 278 g/mol. The summed E-state index contributed by atoms with van der Waals surface area (Å²) in [6.45, 7) is 0. The van der Waals surface area contributed by atoms with Gasteiger partial charge in [-0.1, -0.05) is 12.1 Å². The Morgan fingerprint density at radius 3 is 2.68 bits per heavy atom. The summed E-state index contributed by atoms with van der Waals surface area (Å²) in [6.07, 6.45) is 5.18. The maximum Gasteiger partial charge on any atom is 0.273 e. The lowest BCUT2D eigenvalue weighted by atomic mass is 10.0. The first-order valence-corrected chi connectivity index (χ1v) is 7.11. The average Bonchev–Trinajstić information content (AvgIpc) is 3.18. The van der Waals surface area contributed by atoms with E-state index in [1.54, 1.807) is 7.11 Å². The summed E-state index contributed by atoms with van der Waals surface area (Å²) in [6, 6.07) is 11.7. The number of aromatic amines is 1. The average molecular weight is 295 g/mol. The number of carbonyl (C=O) groups is 1. The number of methoxy groups -OCH3 is 1. The van der Waals surface area contributed by atoms with Gasteiger partial charge in [-0.15, -0.1) is 0 Å². The van der Waals surface area contributed by atoms with Gasteiger partial charge in [0.05, 0.1) is 18.4 Å². The van der Waals surface area contributed by atoms with E-state index in [9.17, 15) is 4.79 Å². The number of rotatable bonds is 5. The number of aryl methyl sites for hydroxylation is 1. The van der Waals surface area contributed by atoms with E-state index in [-0.39, 0.29) is 5.91 Å². The van der Waals surface area contributed by atoms with Crippen molar-refractivity contribution < 1.29 is 9.53 Å². The largest absolute Gasteiger partial charge is 0.497 e. The molecule has 1 aromatic heterocycles. The number of hydrazone groups is 1. The van der Waals surface area contributed by atoms with Crippen LogP contribution < -0.4 is 10.2 Å². The van der Waals surface area contributed by atoms with Crippen molar-refractivity contribution in [1.29, 1.82) is 0 Å². The number of H-pyrrole nitrogens is 1. The number of benzene rings is 1. The predicted octanol–water partition coefficient (Wildman–Crippen LogP) is 2.53. The Bertz CT molecular complexity index is 713. The molecule has 2 heterocycles. The second-order valence-electron chi connectivity index (χ2n) is 5.03. The normalized spacial score (nSPS) is 15.8. The molecule has 5 nitrogen and oxygen atoms in total. The maximum absolute atomic E-state index is 11.9. The van der Waals surface area contributed by atoms with E-state index < -0.39 is 0 Å². The first-order valence-electron chi connectivity index (χ1n) is 7.11. The van der Waals surface area contributed by atoms with Crippen LogP contribution >= 0.6 is 0 Å². The van der Waals surface area contributed by atoms with Crippen LogP contribution in [0.15, 0.2) is 53.3 Å². The number of aromatic nitrogens is 1. The summed E-state index contributed by atoms with van der Waals surface area (Å²) in [5.41, 5.74) is 6.02. The molecule has 1 amide bonds. The lowest BCUT2D eigenvalue weighted by Crippen LogP contribution is -2.13. The van der Waals surface area contributed by atoms with Gasteiger partial charge in [0.15, 0.2) is 0 Å². The number of hydrogen-bond donors (Lipinski definition) is 2. The van der Waals surface area contributed by atoms with Crippen molar-refractivity contribution >= 4 is 17.7 Å². The highest BCUT2D eigenvalue weighted by molar-refractivity contribution is 6.27. The van der Waals surface area contributed by atoms with Crippen LogP contribution in [0.2, 0.25) is 0 Å². The van der Waals surface area contributed by atoms with E-state index in [1.165, 1.54) is 5.56 Å². The molecule has 3 rings (SSSR count). The van der Waals surface area contributed by atoms with Gasteiger partial charge in [-0.2, -0.15) is 5.10 Å². The van der Waals surface area contributed by atoms with Gasteiger partial charge < -0.3 is 9.72 Å². The number of ether oxygens (including phenoxy) is 1. The minimum atomic E-state index is -0.153. The molecule has 0 unspecified atom stereocenters. The van der Waals surface area contributed by atoms with Crippen LogP contribution in [-0.2, 0) is 11.2 Å². The number of amides is 1. The van der Waals surface area contributed by atoms with E-state index >= 15 is 0 Å².